The van der Waals surface area contributed by atoms with Gasteiger partial charge in [-0.3, -0.25) is 9.59 Å². The number of fused-ring (bicyclic) bond motifs is 1. The van der Waals surface area contributed by atoms with Gasteiger partial charge in [-0.05, 0) is 62.3 Å². The van der Waals surface area contributed by atoms with Gasteiger partial charge in [-0.1, -0.05) is 49.4 Å². The molecule has 0 bridgehead atoms. The number of carbonyl (C=O) groups excluding carboxylic acids is 2. The maximum atomic E-state index is 13.3. The molecule has 0 saturated carbocycles. The third-order valence-electron chi connectivity index (χ3n) is 7.47. The molecule has 1 fully saturated rings. The molecule has 188 valence electrons. The summed E-state index contributed by atoms with van der Waals surface area (Å²) < 4.78 is 1.92. The minimum atomic E-state index is -0.0333. The van der Waals surface area contributed by atoms with E-state index in [1.807, 2.05) is 48.9 Å². The van der Waals surface area contributed by atoms with E-state index in [1.54, 1.807) is 0 Å². The molecule has 7 heteroatoms. The highest BCUT2D eigenvalue weighted by molar-refractivity contribution is 5.94. The minimum Gasteiger partial charge on any atom is -0.355 e. The molecule has 2 heterocycles. The number of benzene rings is 2. The van der Waals surface area contributed by atoms with E-state index in [0.717, 1.165) is 68.1 Å². The summed E-state index contributed by atoms with van der Waals surface area (Å²) in [6.45, 7) is 5.23. The van der Waals surface area contributed by atoms with Crippen molar-refractivity contribution in [2.75, 3.05) is 23.3 Å². The molecular formula is C29H35N5O2. The van der Waals surface area contributed by atoms with Crippen LogP contribution in [0.2, 0.25) is 0 Å². The molecule has 0 radical (unpaired) electrons. The summed E-state index contributed by atoms with van der Waals surface area (Å²) in [5.74, 6) is 0.997. The Kier molecular flexibility index (Phi) is 7.07. The van der Waals surface area contributed by atoms with Crippen LogP contribution in [0.15, 0.2) is 54.6 Å². The molecule has 0 spiro atoms. The highest BCUT2D eigenvalue weighted by Gasteiger charge is 2.31. The largest absolute Gasteiger partial charge is 0.355 e. The summed E-state index contributed by atoms with van der Waals surface area (Å²) in [5, 5.41) is 11.2. The van der Waals surface area contributed by atoms with E-state index in [0.29, 0.717) is 6.42 Å². The molecule has 2 aromatic carbocycles. The third-order valence-corrected chi connectivity index (χ3v) is 7.47. The molecule has 1 aromatic heterocycles. The fraction of sp³-hybridized carbons (Fsp3) is 0.414. The Labute approximate surface area is 212 Å². The van der Waals surface area contributed by atoms with Gasteiger partial charge in [-0.25, -0.2) is 4.68 Å². The van der Waals surface area contributed by atoms with Crippen LogP contribution in [0, 0.1) is 12.8 Å². The van der Waals surface area contributed by atoms with Gasteiger partial charge in [0.2, 0.25) is 11.8 Å². The average molecular weight is 486 g/mol. The highest BCUT2D eigenvalue weighted by atomic mass is 16.2. The quantitative estimate of drug-likeness (QED) is 0.518. The fourth-order valence-corrected chi connectivity index (χ4v) is 5.48. The molecule has 1 saturated heterocycles. The van der Waals surface area contributed by atoms with Gasteiger partial charge in [0.25, 0.3) is 0 Å². The normalized spacial score (nSPS) is 17.9. The van der Waals surface area contributed by atoms with Crippen molar-refractivity contribution in [1.82, 2.24) is 15.1 Å². The number of piperidine rings is 1. The van der Waals surface area contributed by atoms with Gasteiger partial charge in [0.15, 0.2) is 5.82 Å². The van der Waals surface area contributed by atoms with E-state index in [1.165, 1.54) is 11.1 Å². The van der Waals surface area contributed by atoms with Crippen LogP contribution < -0.4 is 15.5 Å². The van der Waals surface area contributed by atoms with Crippen molar-refractivity contribution >= 4 is 23.3 Å². The molecule has 5 rings (SSSR count). The lowest BCUT2D eigenvalue weighted by molar-refractivity contribution is -0.126. The Bertz CT molecular complexity index is 1230. The first-order valence-electron chi connectivity index (χ1n) is 13.1. The Morgan fingerprint density at radius 3 is 2.47 bits per heavy atom. The van der Waals surface area contributed by atoms with Crippen LogP contribution in [-0.2, 0) is 16.0 Å². The number of nitrogens with zero attached hydrogens (tertiary/aromatic N) is 3. The lowest BCUT2D eigenvalue weighted by Crippen LogP contribution is -2.42. The second kappa shape index (κ2) is 10.6. The topological polar surface area (TPSA) is 79.3 Å². The smallest absolute Gasteiger partial charge is 0.224 e. The molecule has 2 N–H and O–H groups in total. The number of para-hydroxylation sites is 1. The first kappa shape index (κ1) is 24.1. The van der Waals surface area contributed by atoms with Crippen molar-refractivity contribution < 1.29 is 9.59 Å². The van der Waals surface area contributed by atoms with Gasteiger partial charge in [0.05, 0.1) is 17.4 Å². The molecule has 1 unspecified atom stereocenters. The van der Waals surface area contributed by atoms with E-state index < -0.39 is 0 Å². The van der Waals surface area contributed by atoms with Crippen molar-refractivity contribution in [3.63, 3.8) is 0 Å². The fourth-order valence-electron chi connectivity index (χ4n) is 5.48. The number of nitrogens with one attached hydrogen (secondary N) is 2. The zero-order valence-electron chi connectivity index (χ0n) is 21.2. The molecule has 1 atom stereocenters. The maximum Gasteiger partial charge on any atom is 0.224 e. The van der Waals surface area contributed by atoms with E-state index in [2.05, 4.69) is 39.8 Å². The van der Waals surface area contributed by atoms with E-state index >= 15 is 0 Å². The van der Waals surface area contributed by atoms with Gasteiger partial charge in [0.1, 0.15) is 5.69 Å². The van der Waals surface area contributed by atoms with Gasteiger partial charge in [0, 0.05) is 25.4 Å². The SMILES string of the molecule is CCC(=O)Nc1c(C)nn(-c2ccccc2)c1N1CCC(C(=O)NC2CCCc3ccccc32)CC1. The molecule has 1 aliphatic carbocycles. The number of amides is 2. The number of aryl methyl sites for hydroxylation is 2. The minimum absolute atomic E-state index is 0.0155. The molecule has 2 amide bonds. The lowest BCUT2D eigenvalue weighted by atomic mass is 9.87. The summed E-state index contributed by atoms with van der Waals surface area (Å²) in [6, 6.07) is 18.6. The lowest BCUT2D eigenvalue weighted by Gasteiger charge is -2.35. The van der Waals surface area contributed by atoms with Crippen molar-refractivity contribution in [3.8, 4) is 5.69 Å². The van der Waals surface area contributed by atoms with E-state index in [4.69, 9.17) is 5.10 Å². The van der Waals surface area contributed by atoms with Gasteiger partial charge in [-0.2, -0.15) is 5.10 Å². The van der Waals surface area contributed by atoms with Crippen LogP contribution in [0.25, 0.3) is 5.69 Å². The van der Waals surface area contributed by atoms with Crippen molar-refractivity contribution in [2.24, 2.45) is 5.92 Å². The number of rotatable bonds is 6. The Morgan fingerprint density at radius 1 is 1.00 bits per heavy atom. The zero-order valence-corrected chi connectivity index (χ0v) is 21.2. The summed E-state index contributed by atoms with van der Waals surface area (Å²) in [5.41, 5.74) is 5.12. The van der Waals surface area contributed by atoms with E-state index in [9.17, 15) is 9.59 Å². The molecule has 1 aliphatic heterocycles. The number of hydrogen-bond donors (Lipinski definition) is 2. The van der Waals surface area contributed by atoms with Crippen LogP contribution in [0.3, 0.4) is 0 Å². The van der Waals surface area contributed by atoms with Crippen LogP contribution in [-0.4, -0.2) is 34.7 Å². The van der Waals surface area contributed by atoms with E-state index in [-0.39, 0.29) is 23.8 Å². The Hall–Kier alpha value is -3.61. The second-order valence-electron chi connectivity index (χ2n) is 9.85. The average Bonchev–Trinajstić information content (AvgIpc) is 3.25. The molecule has 36 heavy (non-hydrogen) atoms. The first-order valence-corrected chi connectivity index (χ1v) is 13.1. The van der Waals surface area contributed by atoms with Crippen LogP contribution in [0.4, 0.5) is 11.5 Å². The summed E-state index contributed by atoms with van der Waals surface area (Å²) >= 11 is 0. The van der Waals surface area contributed by atoms with Crippen molar-refractivity contribution in [3.05, 3.63) is 71.4 Å². The first-order chi connectivity index (χ1) is 17.5. The summed E-state index contributed by atoms with van der Waals surface area (Å²) in [6.07, 6.45) is 5.13. The number of anilines is 2. The molecule has 3 aromatic rings. The maximum absolute atomic E-state index is 13.3. The number of aromatic nitrogens is 2. The van der Waals surface area contributed by atoms with Crippen LogP contribution >= 0.6 is 0 Å². The predicted octanol–water partition coefficient (Wildman–Crippen LogP) is 4.94. The van der Waals surface area contributed by atoms with Crippen molar-refractivity contribution in [1.29, 1.82) is 0 Å². The third kappa shape index (κ3) is 4.87. The zero-order chi connectivity index (χ0) is 25.1. The van der Waals surface area contributed by atoms with Gasteiger partial charge < -0.3 is 15.5 Å². The Balaban J connectivity index is 1.32. The molecular weight excluding hydrogens is 450 g/mol. The molecule has 7 nitrogen and oxygen atoms in total. The number of carbonyl (C=O) groups is 2. The van der Waals surface area contributed by atoms with Gasteiger partial charge >= 0.3 is 0 Å². The van der Waals surface area contributed by atoms with Crippen LogP contribution in [0.1, 0.15) is 61.9 Å². The highest BCUT2D eigenvalue weighted by Crippen LogP contribution is 2.35. The Morgan fingerprint density at radius 2 is 1.72 bits per heavy atom. The summed E-state index contributed by atoms with van der Waals surface area (Å²) in [7, 11) is 0. The monoisotopic (exact) mass is 485 g/mol. The van der Waals surface area contributed by atoms with Gasteiger partial charge in [-0.15, -0.1) is 0 Å². The molecule has 2 aliphatic rings. The number of hydrogen-bond acceptors (Lipinski definition) is 4. The second-order valence-corrected chi connectivity index (χ2v) is 9.85. The van der Waals surface area contributed by atoms with Crippen molar-refractivity contribution in [2.45, 2.75) is 58.4 Å². The predicted molar refractivity (Wildman–Crippen MR) is 142 cm³/mol. The van der Waals surface area contributed by atoms with Crippen LogP contribution in [0.5, 0.6) is 0 Å². The standard InChI is InChI=1S/C29H35N5O2/c1-3-26(35)31-27-20(2)32-34(23-12-5-4-6-13-23)29(27)33-18-16-22(17-19-33)28(36)30-25-15-9-11-21-10-7-8-14-24(21)25/h4-8,10,12-14,22,25H,3,9,11,15-19H2,1-2H3,(H,30,36)(H,31,35). The summed E-state index contributed by atoms with van der Waals surface area (Å²) in [4.78, 5) is 27.8.